The second-order valence-electron chi connectivity index (χ2n) is 4.07. The molecule has 0 amide bonds. The monoisotopic (exact) mass is 222 g/mol. The van der Waals surface area contributed by atoms with Gasteiger partial charge in [0.2, 0.25) is 0 Å². The quantitative estimate of drug-likeness (QED) is 0.757. The maximum Gasteiger partial charge on any atom is 0.119 e. The molecular formula is C13H22N2O. The Bertz CT molecular complexity index is 284. The zero-order valence-electron chi connectivity index (χ0n) is 10.5. The second kappa shape index (κ2) is 7.25. The van der Waals surface area contributed by atoms with E-state index in [-0.39, 0.29) is 0 Å². The van der Waals surface area contributed by atoms with Crippen LogP contribution in [0.1, 0.15) is 5.56 Å². The number of nitrogens with zero attached hydrogens (tertiary/aromatic N) is 1. The highest BCUT2D eigenvalue weighted by atomic mass is 16.5. The third-order valence-corrected chi connectivity index (χ3v) is 2.51. The van der Waals surface area contributed by atoms with E-state index >= 15 is 0 Å². The molecule has 0 fully saturated rings. The van der Waals surface area contributed by atoms with Crippen molar-refractivity contribution in [2.24, 2.45) is 0 Å². The van der Waals surface area contributed by atoms with E-state index in [1.54, 1.807) is 0 Å². The number of rotatable bonds is 7. The summed E-state index contributed by atoms with van der Waals surface area (Å²) in [5.41, 5.74) is 1.26. The van der Waals surface area contributed by atoms with Crippen LogP contribution >= 0.6 is 0 Å². The normalized spacial score (nSPS) is 10.8. The average Bonchev–Trinajstić information content (AvgIpc) is 2.29. The van der Waals surface area contributed by atoms with Crippen LogP contribution in [0.25, 0.3) is 0 Å². The predicted molar refractivity (Wildman–Crippen MR) is 68.1 cm³/mol. The second-order valence-corrected chi connectivity index (χ2v) is 4.07. The van der Waals surface area contributed by atoms with Gasteiger partial charge in [0.25, 0.3) is 0 Å². The Kier molecular flexibility index (Phi) is 5.90. The van der Waals surface area contributed by atoms with Crippen LogP contribution in [-0.4, -0.2) is 45.2 Å². The van der Waals surface area contributed by atoms with Crippen molar-refractivity contribution in [3.05, 3.63) is 29.8 Å². The van der Waals surface area contributed by atoms with Crippen LogP contribution < -0.4 is 10.1 Å². The van der Waals surface area contributed by atoms with Gasteiger partial charge in [0.15, 0.2) is 0 Å². The van der Waals surface area contributed by atoms with Crippen molar-refractivity contribution in [3.63, 3.8) is 0 Å². The molecule has 3 nitrogen and oxygen atoms in total. The Morgan fingerprint density at radius 3 is 2.50 bits per heavy atom. The first kappa shape index (κ1) is 13.0. The highest BCUT2D eigenvalue weighted by Gasteiger charge is 1.98. The average molecular weight is 222 g/mol. The summed E-state index contributed by atoms with van der Waals surface area (Å²) in [6.45, 7) is 5.84. The van der Waals surface area contributed by atoms with E-state index < -0.39 is 0 Å². The van der Waals surface area contributed by atoms with Gasteiger partial charge < -0.3 is 15.0 Å². The van der Waals surface area contributed by atoms with Crippen molar-refractivity contribution < 1.29 is 4.74 Å². The van der Waals surface area contributed by atoms with E-state index in [4.69, 9.17) is 4.74 Å². The van der Waals surface area contributed by atoms with E-state index in [1.807, 2.05) is 19.2 Å². The van der Waals surface area contributed by atoms with E-state index in [0.29, 0.717) is 0 Å². The van der Waals surface area contributed by atoms with Gasteiger partial charge in [-0.25, -0.2) is 0 Å². The highest BCUT2D eigenvalue weighted by Crippen LogP contribution is 2.10. The molecule has 0 spiro atoms. The molecule has 0 unspecified atom stereocenters. The molecule has 0 bridgehead atoms. The molecule has 3 heteroatoms. The smallest absolute Gasteiger partial charge is 0.119 e. The van der Waals surface area contributed by atoms with Crippen molar-refractivity contribution in [2.75, 3.05) is 40.3 Å². The summed E-state index contributed by atoms with van der Waals surface area (Å²) in [6, 6.07) is 8.17. The Hall–Kier alpha value is -1.06. The van der Waals surface area contributed by atoms with Gasteiger partial charge in [0.05, 0.1) is 0 Å². The molecule has 0 aliphatic rings. The maximum absolute atomic E-state index is 5.65. The van der Waals surface area contributed by atoms with Crippen LogP contribution in [0.5, 0.6) is 5.75 Å². The minimum atomic E-state index is 0.739. The lowest BCUT2D eigenvalue weighted by atomic mass is 10.2. The molecular weight excluding hydrogens is 200 g/mol. The van der Waals surface area contributed by atoms with Crippen molar-refractivity contribution in [3.8, 4) is 5.75 Å². The minimum Gasteiger partial charge on any atom is -0.492 e. The van der Waals surface area contributed by atoms with Crippen molar-refractivity contribution in [1.82, 2.24) is 10.2 Å². The Morgan fingerprint density at radius 1 is 1.19 bits per heavy atom. The topological polar surface area (TPSA) is 24.5 Å². The molecule has 16 heavy (non-hydrogen) atoms. The van der Waals surface area contributed by atoms with Gasteiger partial charge in [0, 0.05) is 19.6 Å². The molecule has 0 aliphatic heterocycles. The summed E-state index contributed by atoms with van der Waals surface area (Å²) < 4.78 is 5.65. The minimum absolute atomic E-state index is 0.739. The first-order valence-electron chi connectivity index (χ1n) is 5.75. The zero-order chi connectivity index (χ0) is 11.8. The number of nitrogens with one attached hydrogen (secondary N) is 1. The third-order valence-electron chi connectivity index (χ3n) is 2.51. The summed E-state index contributed by atoms with van der Waals surface area (Å²) in [7, 11) is 4.08. The van der Waals surface area contributed by atoms with Crippen molar-refractivity contribution in [1.29, 1.82) is 0 Å². The zero-order valence-corrected chi connectivity index (χ0v) is 10.5. The molecule has 1 rings (SSSR count). The van der Waals surface area contributed by atoms with Crippen LogP contribution in [0.2, 0.25) is 0 Å². The Balaban J connectivity index is 2.17. The molecule has 0 heterocycles. The lowest BCUT2D eigenvalue weighted by Gasteiger charge is -2.16. The Morgan fingerprint density at radius 2 is 1.88 bits per heavy atom. The van der Waals surface area contributed by atoms with Gasteiger partial charge in [-0.2, -0.15) is 0 Å². The highest BCUT2D eigenvalue weighted by molar-refractivity contribution is 5.26. The van der Waals surface area contributed by atoms with Gasteiger partial charge in [-0.05, 0) is 33.2 Å². The molecule has 0 atom stereocenters. The number of aryl methyl sites for hydroxylation is 1. The Labute approximate surface area is 98.4 Å². The molecule has 1 N–H and O–H groups in total. The van der Waals surface area contributed by atoms with E-state index in [9.17, 15) is 0 Å². The predicted octanol–water partition coefficient (Wildman–Crippen LogP) is 1.53. The van der Waals surface area contributed by atoms with Crippen LogP contribution in [-0.2, 0) is 0 Å². The largest absolute Gasteiger partial charge is 0.492 e. The summed E-state index contributed by atoms with van der Waals surface area (Å²) in [5, 5.41) is 3.13. The standard InChI is InChI=1S/C13H22N2O/c1-12-4-6-13(7-5-12)16-11-10-15(3)9-8-14-2/h4-7,14H,8-11H2,1-3H3. The molecule has 1 aromatic carbocycles. The van der Waals surface area contributed by atoms with Gasteiger partial charge in [-0.3, -0.25) is 0 Å². The van der Waals surface area contributed by atoms with E-state index in [2.05, 4.69) is 36.3 Å². The lowest BCUT2D eigenvalue weighted by molar-refractivity contribution is 0.238. The van der Waals surface area contributed by atoms with Crippen LogP contribution in [0, 0.1) is 6.92 Å². The summed E-state index contributed by atoms with van der Waals surface area (Å²) in [6.07, 6.45) is 0. The van der Waals surface area contributed by atoms with Crippen molar-refractivity contribution >= 4 is 0 Å². The SMILES string of the molecule is CNCCN(C)CCOc1ccc(C)cc1. The van der Waals surface area contributed by atoms with Gasteiger partial charge >= 0.3 is 0 Å². The fraction of sp³-hybridized carbons (Fsp3) is 0.538. The van der Waals surface area contributed by atoms with Crippen LogP contribution in [0.4, 0.5) is 0 Å². The fourth-order valence-corrected chi connectivity index (χ4v) is 1.37. The molecule has 0 aromatic heterocycles. The van der Waals surface area contributed by atoms with Crippen LogP contribution in [0.15, 0.2) is 24.3 Å². The van der Waals surface area contributed by atoms with E-state index in [1.165, 1.54) is 5.56 Å². The maximum atomic E-state index is 5.65. The molecule has 0 radical (unpaired) electrons. The van der Waals surface area contributed by atoms with Gasteiger partial charge in [-0.15, -0.1) is 0 Å². The van der Waals surface area contributed by atoms with Crippen LogP contribution in [0.3, 0.4) is 0 Å². The van der Waals surface area contributed by atoms with Gasteiger partial charge in [0.1, 0.15) is 12.4 Å². The summed E-state index contributed by atoms with van der Waals surface area (Å²) in [4.78, 5) is 2.25. The first-order chi connectivity index (χ1) is 7.72. The number of likely N-dealkylation sites (N-methyl/N-ethyl adjacent to an activating group) is 2. The molecule has 0 aliphatic carbocycles. The number of hydrogen-bond donors (Lipinski definition) is 1. The van der Waals surface area contributed by atoms with Crippen molar-refractivity contribution in [2.45, 2.75) is 6.92 Å². The molecule has 1 aromatic rings. The molecule has 90 valence electrons. The molecule has 0 saturated heterocycles. The molecule has 0 saturated carbocycles. The summed E-state index contributed by atoms with van der Waals surface area (Å²) >= 11 is 0. The number of hydrogen-bond acceptors (Lipinski definition) is 3. The number of ether oxygens (including phenoxy) is 1. The third kappa shape index (κ3) is 5.14. The first-order valence-corrected chi connectivity index (χ1v) is 5.75. The fourth-order valence-electron chi connectivity index (χ4n) is 1.37. The number of benzene rings is 1. The van der Waals surface area contributed by atoms with Gasteiger partial charge in [-0.1, -0.05) is 17.7 Å². The van der Waals surface area contributed by atoms with E-state index in [0.717, 1.165) is 32.0 Å². The lowest BCUT2D eigenvalue weighted by Crippen LogP contribution is -2.30. The summed E-state index contributed by atoms with van der Waals surface area (Å²) in [5.74, 6) is 0.951.